The van der Waals surface area contributed by atoms with Crippen LogP contribution < -0.4 is 4.74 Å². The third-order valence-electron chi connectivity index (χ3n) is 5.26. The fraction of sp³-hybridized carbons (Fsp3) is 0.429. The third kappa shape index (κ3) is 5.21. The largest absolute Gasteiger partial charge is 0.497 e. The Kier molecular flexibility index (Phi) is 7.15. The number of benzene rings is 1. The zero-order valence-electron chi connectivity index (χ0n) is 16.7. The van der Waals surface area contributed by atoms with E-state index in [1.54, 1.807) is 42.4 Å². The number of carboxylic acids is 1. The van der Waals surface area contributed by atoms with Crippen LogP contribution in [0.15, 0.2) is 29.2 Å². The second-order valence-electron chi connectivity index (χ2n) is 7.20. The summed E-state index contributed by atoms with van der Waals surface area (Å²) >= 11 is 0.893. The number of thioether (sulfide) groups is 1. The topological polar surface area (TPSA) is 104 Å². The molecule has 9 heteroatoms. The Morgan fingerprint density at radius 3 is 2.47 bits per heavy atom. The summed E-state index contributed by atoms with van der Waals surface area (Å²) in [4.78, 5) is 51.3. The molecule has 0 spiro atoms. The fourth-order valence-corrected chi connectivity index (χ4v) is 4.33. The van der Waals surface area contributed by atoms with Crippen molar-refractivity contribution in [2.75, 3.05) is 26.7 Å². The highest BCUT2D eigenvalue weighted by Crippen LogP contribution is 2.32. The second kappa shape index (κ2) is 9.80. The molecular weight excluding hydrogens is 408 g/mol. The zero-order valence-corrected chi connectivity index (χ0v) is 17.5. The van der Waals surface area contributed by atoms with Crippen LogP contribution in [-0.2, 0) is 14.4 Å². The molecule has 0 aliphatic carbocycles. The van der Waals surface area contributed by atoms with Crippen LogP contribution in [-0.4, -0.2) is 64.7 Å². The summed E-state index contributed by atoms with van der Waals surface area (Å²) in [6.45, 7) is 1.05. The first-order valence-corrected chi connectivity index (χ1v) is 10.6. The molecular formula is C21H24N2O6S. The van der Waals surface area contributed by atoms with Gasteiger partial charge in [0.1, 0.15) is 5.75 Å². The molecule has 0 unspecified atom stereocenters. The first-order valence-electron chi connectivity index (χ1n) is 9.79. The van der Waals surface area contributed by atoms with Crippen LogP contribution in [0.4, 0.5) is 4.79 Å². The first-order chi connectivity index (χ1) is 14.4. The Morgan fingerprint density at radius 1 is 1.20 bits per heavy atom. The van der Waals surface area contributed by atoms with Crippen LogP contribution in [0.25, 0.3) is 6.08 Å². The van der Waals surface area contributed by atoms with Gasteiger partial charge in [0.25, 0.3) is 11.1 Å². The average Bonchev–Trinajstić information content (AvgIpc) is 3.01. The Balaban J connectivity index is 1.49. The Labute approximate surface area is 178 Å². The standard InChI is InChI=1S/C21H24N2O6S/c1-29-16-6-4-14(5-7-16)13-17-19(25)23(21(28)30-17)10-2-3-18(24)22-11-8-15(9-12-22)20(26)27/h4-7,13,15H,2-3,8-12H2,1H3,(H,26,27)/b17-13-. The Morgan fingerprint density at radius 2 is 1.87 bits per heavy atom. The fourth-order valence-electron chi connectivity index (χ4n) is 3.47. The van der Waals surface area contributed by atoms with Gasteiger partial charge in [0.05, 0.1) is 17.9 Å². The van der Waals surface area contributed by atoms with E-state index in [1.807, 2.05) is 0 Å². The van der Waals surface area contributed by atoms with E-state index in [0.29, 0.717) is 43.0 Å². The number of carbonyl (C=O) groups excluding carboxylic acids is 3. The van der Waals surface area contributed by atoms with Gasteiger partial charge in [0.15, 0.2) is 0 Å². The van der Waals surface area contributed by atoms with Crippen molar-refractivity contribution in [3.8, 4) is 5.75 Å². The molecule has 0 bridgehead atoms. The molecule has 2 aliphatic heterocycles. The van der Waals surface area contributed by atoms with Gasteiger partial charge < -0.3 is 14.7 Å². The number of likely N-dealkylation sites (tertiary alicyclic amines) is 1. The number of imide groups is 1. The van der Waals surface area contributed by atoms with Crippen LogP contribution in [0.2, 0.25) is 0 Å². The molecule has 1 aromatic carbocycles. The van der Waals surface area contributed by atoms with Crippen LogP contribution in [0.1, 0.15) is 31.2 Å². The summed E-state index contributed by atoms with van der Waals surface area (Å²) in [6, 6.07) is 7.17. The van der Waals surface area contributed by atoms with Crippen molar-refractivity contribution in [3.05, 3.63) is 34.7 Å². The number of carboxylic acid groups (broad SMARTS) is 1. The van der Waals surface area contributed by atoms with Gasteiger partial charge in [-0.3, -0.25) is 24.1 Å². The number of hydrogen-bond donors (Lipinski definition) is 1. The number of amides is 3. The lowest BCUT2D eigenvalue weighted by Crippen LogP contribution is -2.40. The highest BCUT2D eigenvalue weighted by molar-refractivity contribution is 8.18. The monoisotopic (exact) mass is 432 g/mol. The lowest BCUT2D eigenvalue weighted by Gasteiger charge is -2.30. The lowest BCUT2D eigenvalue weighted by molar-refractivity contribution is -0.145. The molecule has 0 radical (unpaired) electrons. The van der Waals surface area contributed by atoms with Crippen LogP contribution in [0.5, 0.6) is 5.75 Å². The summed E-state index contributed by atoms with van der Waals surface area (Å²) < 4.78 is 5.11. The highest BCUT2D eigenvalue weighted by atomic mass is 32.2. The number of ether oxygens (including phenoxy) is 1. The summed E-state index contributed by atoms with van der Waals surface area (Å²) in [5, 5.41) is 8.69. The van der Waals surface area contributed by atoms with Gasteiger partial charge >= 0.3 is 5.97 Å². The molecule has 3 rings (SSSR count). The van der Waals surface area contributed by atoms with E-state index in [2.05, 4.69) is 0 Å². The summed E-state index contributed by atoms with van der Waals surface area (Å²) in [5.41, 5.74) is 0.793. The molecule has 3 amide bonds. The van der Waals surface area contributed by atoms with E-state index < -0.39 is 5.97 Å². The van der Waals surface area contributed by atoms with Gasteiger partial charge in [0.2, 0.25) is 5.91 Å². The number of hydrogen-bond acceptors (Lipinski definition) is 6. The Bertz CT molecular complexity index is 859. The molecule has 1 aromatic rings. The number of piperidine rings is 1. The first kappa shape index (κ1) is 21.9. The molecule has 160 valence electrons. The molecule has 2 aliphatic rings. The minimum absolute atomic E-state index is 0.0698. The minimum Gasteiger partial charge on any atom is -0.497 e. The molecule has 0 saturated carbocycles. The number of carbonyl (C=O) groups is 4. The predicted molar refractivity (Wildman–Crippen MR) is 112 cm³/mol. The maximum absolute atomic E-state index is 12.6. The van der Waals surface area contributed by atoms with Gasteiger partial charge in [-0.2, -0.15) is 0 Å². The van der Waals surface area contributed by atoms with E-state index in [0.717, 1.165) is 17.3 Å². The van der Waals surface area contributed by atoms with Gasteiger partial charge in [-0.1, -0.05) is 12.1 Å². The van der Waals surface area contributed by atoms with Crippen molar-refractivity contribution in [1.82, 2.24) is 9.80 Å². The van der Waals surface area contributed by atoms with E-state index in [9.17, 15) is 19.2 Å². The van der Waals surface area contributed by atoms with E-state index in [1.165, 1.54) is 4.90 Å². The molecule has 2 fully saturated rings. The smallest absolute Gasteiger partial charge is 0.306 e. The summed E-state index contributed by atoms with van der Waals surface area (Å²) in [7, 11) is 1.57. The van der Waals surface area contributed by atoms with Gasteiger partial charge in [0, 0.05) is 26.1 Å². The highest BCUT2D eigenvalue weighted by Gasteiger charge is 2.35. The molecule has 8 nitrogen and oxygen atoms in total. The number of methoxy groups -OCH3 is 1. The van der Waals surface area contributed by atoms with Crippen molar-refractivity contribution in [3.63, 3.8) is 0 Å². The quantitative estimate of drug-likeness (QED) is 0.661. The number of rotatable bonds is 7. The van der Waals surface area contributed by atoms with Crippen LogP contribution in [0, 0.1) is 5.92 Å². The number of aliphatic carboxylic acids is 1. The van der Waals surface area contributed by atoms with Crippen LogP contribution >= 0.6 is 11.8 Å². The van der Waals surface area contributed by atoms with Crippen molar-refractivity contribution < 1.29 is 29.0 Å². The summed E-state index contributed by atoms with van der Waals surface area (Å²) in [5.74, 6) is -0.918. The lowest BCUT2D eigenvalue weighted by atomic mass is 9.97. The van der Waals surface area contributed by atoms with Crippen molar-refractivity contribution >= 4 is 40.9 Å². The second-order valence-corrected chi connectivity index (χ2v) is 8.20. The van der Waals surface area contributed by atoms with E-state index in [-0.39, 0.29) is 35.9 Å². The van der Waals surface area contributed by atoms with Gasteiger partial charge in [-0.25, -0.2) is 0 Å². The SMILES string of the molecule is COc1ccc(/C=C2\SC(=O)N(CCCC(=O)N3CCC(C(=O)O)CC3)C2=O)cc1. The van der Waals surface area contributed by atoms with Crippen molar-refractivity contribution in [1.29, 1.82) is 0 Å². The average molecular weight is 432 g/mol. The van der Waals surface area contributed by atoms with Crippen LogP contribution in [0.3, 0.4) is 0 Å². The maximum atomic E-state index is 12.6. The molecule has 2 saturated heterocycles. The van der Waals surface area contributed by atoms with E-state index in [4.69, 9.17) is 9.84 Å². The molecule has 0 aromatic heterocycles. The van der Waals surface area contributed by atoms with Crippen molar-refractivity contribution in [2.45, 2.75) is 25.7 Å². The van der Waals surface area contributed by atoms with Gasteiger partial charge in [-0.15, -0.1) is 0 Å². The predicted octanol–water partition coefficient (Wildman–Crippen LogP) is 2.83. The molecule has 0 atom stereocenters. The zero-order chi connectivity index (χ0) is 21.7. The number of nitrogens with zero attached hydrogens (tertiary/aromatic N) is 2. The summed E-state index contributed by atoms with van der Waals surface area (Å²) in [6.07, 6.45) is 3.19. The molecule has 30 heavy (non-hydrogen) atoms. The Hall–Kier alpha value is -2.81. The van der Waals surface area contributed by atoms with Gasteiger partial charge in [-0.05, 0) is 54.8 Å². The van der Waals surface area contributed by atoms with Crippen molar-refractivity contribution in [2.24, 2.45) is 5.92 Å². The maximum Gasteiger partial charge on any atom is 0.306 e. The minimum atomic E-state index is -0.816. The molecule has 1 N–H and O–H groups in total. The third-order valence-corrected chi connectivity index (χ3v) is 6.16. The molecule has 2 heterocycles. The van der Waals surface area contributed by atoms with E-state index >= 15 is 0 Å². The normalized spacial score (nSPS) is 18.9.